The molecule has 0 aliphatic rings. The molecular formula is C15H22N2O4. The lowest BCUT2D eigenvalue weighted by molar-refractivity contribution is -0.139. The topological polar surface area (TPSA) is 78.9 Å². The largest absolute Gasteiger partial charge is 0.496 e. The zero-order chi connectivity index (χ0) is 15.8. The number of benzene rings is 1. The molecule has 2 amide bonds. The van der Waals surface area contributed by atoms with E-state index in [9.17, 15) is 9.59 Å². The summed E-state index contributed by atoms with van der Waals surface area (Å²) in [6, 6.07) is 6.12. The number of para-hydroxylation sites is 1. The predicted molar refractivity (Wildman–Crippen MR) is 79.3 cm³/mol. The lowest BCUT2D eigenvalue weighted by Gasteiger charge is -2.22. The van der Waals surface area contributed by atoms with Crippen molar-refractivity contribution >= 4 is 12.0 Å². The van der Waals surface area contributed by atoms with Crippen molar-refractivity contribution in [2.45, 2.75) is 32.4 Å². The van der Waals surface area contributed by atoms with E-state index in [0.717, 1.165) is 5.56 Å². The summed E-state index contributed by atoms with van der Waals surface area (Å²) in [6.07, 6.45) is 1.09. The van der Waals surface area contributed by atoms with Gasteiger partial charge in [0.1, 0.15) is 11.8 Å². The average Bonchev–Trinajstić information content (AvgIpc) is 2.47. The molecule has 1 rings (SSSR count). The number of hydrogen-bond donors (Lipinski definition) is 2. The molecule has 1 unspecified atom stereocenters. The molecule has 0 aromatic heterocycles. The van der Waals surface area contributed by atoms with Crippen LogP contribution in [0.1, 0.15) is 25.3 Å². The molecule has 6 nitrogen and oxygen atoms in total. The van der Waals surface area contributed by atoms with Gasteiger partial charge in [-0.1, -0.05) is 31.5 Å². The van der Waals surface area contributed by atoms with Crippen LogP contribution < -0.4 is 10.1 Å². The van der Waals surface area contributed by atoms with E-state index in [1.807, 2.05) is 31.2 Å². The number of urea groups is 1. The number of ether oxygens (including phenoxy) is 1. The number of aliphatic carboxylic acids is 1. The monoisotopic (exact) mass is 294 g/mol. The highest BCUT2D eigenvalue weighted by molar-refractivity contribution is 5.82. The molecule has 1 atom stereocenters. The van der Waals surface area contributed by atoms with Crippen LogP contribution in [0.15, 0.2) is 24.3 Å². The summed E-state index contributed by atoms with van der Waals surface area (Å²) in [4.78, 5) is 24.5. The Morgan fingerprint density at radius 2 is 2.05 bits per heavy atom. The Balaban J connectivity index is 2.67. The smallest absolute Gasteiger partial charge is 0.326 e. The number of carbonyl (C=O) groups is 2. The maximum Gasteiger partial charge on any atom is 0.326 e. The van der Waals surface area contributed by atoms with E-state index in [-0.39, 0.29) is 0 Å². The highest BCUT2D eigenvalue weighted by Gasteiger charge is 2.21. The summed E-state index contributed by atoms with van der Waals surface area (Å²) in [6.45, 7) is 2.22. The van der Waals surface area contributed by atoms with Gasteiger partial charge in [-0.05, 0) is 12.5 Å². The molecule has 116 valence electrons. The van der Waals surface area contributed by atoms with Crippen LogP contribution in [-0.4, -0.2) is 42.2 Å². The number of carboxylic acids is 1. The molecule has 21 heavy (non-hydrogen) atoms. The molecule has 0 saturated carbocycles. The minimum atomic E-state index is -1.02. The molecule has 2 N–H and O–H groups in total. The number of hydrogen-bond acceptors (Lipinski definition) is 3. The SMILES string of the molecule is CCCC(NC(=O)N(C)Cc1ccccc1OC)C(=O)O. The summed E-state index contributed by atoms with van der Waals surface area (Å²) in [5.74, 6) is -0.323. The molecule has 0 aliphatic heterocycles. The Morgan fingerprint density at radius 3 is 2.62 bits per heavy atom. The van der Waals surface area contributed by atoms with Crippen LogP contribution in [0.25, 0.3) is 0 Å². The van der Waals surface area contributed by atoms with Crippen molar-refractivity contribution in [2.75, 3.05) is 14.2 Å². The molecule has 1 aromatic carbocycles. The molecule has 0 heterocycles. The molecule has 0 radical (unpaired) electrons. The molecular weight excluding hydrogens is 272 g/mol. The number of amides is 2. The second kappa shape index (κ2) is 8.14. The molecule has 1 aromatic rings. The summed E-state index contributed by atoms with van der Waals surface area (Å²) < 4.78 is 5.23. The Hall–Kier alpha value is -2.24. The first-order chi connectivity index (χ1) is 9.99. The summed E-state index contributed by atoms with van der Waals surface area (Å²) in [7, 11) is 3.19. The Labute approximate surface area is 124 Å². The summed E-state index contributed by atoms with van der Waals surface area (Å²) in [5, 5.41) is 11.6. The van der Waals surface area contributed by atoms with E-state index in [2.05, 4.69) is 5.32 Å². The first kappa shape index (κ1) is 16.8. The van der Waals surface area contributed by atoms with E-state index < -0.39 is 18.0 Å². The van der Waals surface area contributed by atoms with Crippen molar-refractivity contribution < 1.29 is 19.4 Å². The van der Waals surface area contributed by atoms with E-state index in [0.29, 0.717) is 25.1 Å². The van der Waals surface area contributed by atoms with Gasteiger partial charge in [0.05, 0.1) is 13.7 Å². The van der Waals surface area contributed by atoms with Gasteiger partial charge >= 0.3 is 12.0 Å². The standard InChI is InChI=1S/C15H22N2O4/c1-4-7-12(14(18)19)16-15(20)17(2)10-11-8-5-6-9-13(11)21-3/h5-6,8-9,12H,4,7,10H2,1-3H3,(H,16,20)(H,18,19). The van der Waals surface area contributed by atoms with Crippen molar-refractivity contribution in [3.05, 3.63) is 29.8 Å². The molecule has 0 saturated heterocycles. The number of carbonyl (C=O) groups excluding carboxylic acids is 1. The summed E-state index contributed by atoms with van der Waals surface area (Å²) in [5.41, 5.74) is 0.861. The van der Waals surface area contributed by atoms with Gasteiger partial charge in [0.2, 0.25) is 0 Å². The number of rotatable bonds is 7. The van der Waals surface area contributed by atoms with Gasteiger partial charge in [0.15, 0.2) is 0 Å². The van der Waals surface area contributed by atoms with Gasteiger partial charge < -0.3 is 20.1 Å². The zero-order valence-corrected chi connectivity index (χ0v) is 12.6. The third-order valence-electron chi connectivity index (χ3n) is 3.12. The van der Waals surface area contributed by atoms with Crippen molar-refractivity contribution in [2.24, 2.45) is 0 Å². The second-order valence-electron chi connectivity index (χ2n) is 4.80. The molecule has 0 fully saturated rings. The quantitative estimate of drug-likeness (QED) is 0.807. The Bertz CT molecular complexity index is 490. The van der Waals surface area contributed by atoms with E-state index >= 15 is 0 Å². The van der Waals surface area contributed by atoms with Crippen molar-refractivity contribution in [3.63, 3.8) is 0 Å². The zero-order valence-electron chi connectivity index (χ0n) is 12.6. The normalized spacial score (nSPS) is 11.6. The Kier molecular flexibility index (Phi) is 6.52. The first-order valence-corrected chi connectivity index (χ1v) is 6.85. The van der Waals surface area contributed by atoms with Gasteiger partial charge in [0.25, 0.3) is 0 Å². The van der Waals surface area contributed by atoms with Crippen LogP contribution in [0.2, 0.25) is 0 Å². The fourth-order valence-corrected chi connectivity index (χ4v) is 1.97. The number of carboxylic acid groups (broad SMARTS) is 1. The molecule has 0 spiro atoms. The Morgan fingerprint density at radius 1 is 1.38 bits per heavy atom. The highest BCUT2D eigenvalue weighted by atomic mass is 16.5. The second-order valence-corrected chi connectivity index (χ2v) is 4.80. The maximum absolute atomic E-state index is 12.0. The number of nitrogens with zero attached hydrogens (tertiary/aromatic N) is 1. The van der Waals surface area contributed by atoms with E-state index in [1.165, 1.54) is 4.90 Å². The van der Waals surface area contributed by atoms with Crippen molar-refractivity contribution in [1.29, 1.82) is 0 Å². The number of nitrogens with one attached hydrogen (secondary N) is 1. The van der Waals surface area contributed by atoms with E-state index in [4.69, 9.17) is 9.84 Å². The highest BCUT2D eigenvalue weighted by Crippen LogP contribution is 2.18. The lowest BCUT2D eigenvalue weighted by atomic mass is 10.1. The number of methoxy groups -OCH3 is 1. The molecule has 0 bridgehead atoms. The molecule has 6 heteroatoms. The first-order valence-electron chi connectivity index (χ1n) is 6.85. The van der Waals surface area contributed by atoms with Gasteiger partial charge in [0, 0.05) is 12.6 Å². The van der Waals surface area contributed by atoms with Crippen LogP contribution in [0.4, 0.5) is 4.79 Å². The van der Waals surface area contributed by atoms with Crippen molar-refractivity contribution in [1.82, 2.24) is 10.2 Å². The fourth-order valence-electron chi connectivity index (χ4n) is 1.97. The minimum Gasteiger partial charge on any atom is -0.496 e. The van der Waals surface area contributed by atoms with Crippen molar-refractivity contribution in [3.8, 4) is 5.75 Å². The minimum absolute atomic E-state index is 0.342. The maximum atomic E-state index is 12.0. The van der Waals surface area contributed by atoms with Crippen LogP contribution in [0.5, 0.6) is 5.75 Å². The van der Waals surface area contributed by atoms with Gasteiger partial charge in [-0.2, -0.15) is 0 Å². The van der Waals surface area contributed by atoms with Gasteiger partial charge in [-0.3, -0.25) is 0 Å². The van der Waals surface area contributed by atoms with Crippen LogP contribution in [0.3, 0.4) is 0 Å². The van der Waals surface area contributed by atoms with Gasteiger partial charge in [-0.15, -0.1) is 0 Å². The van der Waals surface area contributed by atoms with E-state index in [1.54, 1.807) is 14.2 Å². The average molecular weight is 294 g/mol. The third kappa shape index (κ3) is 4.98. The fraction of sp³-hybridized carbons (Fsp3) is 0.467. The van der Waals surface area contributed by atoms with Crippen LogP contribution >= 0.6 is 0 Å². The molecule has 0 aliphatic carbocycles. The lowest BCUT2D eigenvalue weighted by Crippen LogP contribution is -2.46. The predicted octanol–water partition coefficient (Wildman–Crippen LogP) is 2.09. The van der Waals surface area contributed by atoms with Crippen LogP contribution in [-0.2, 0) is 11.3 Å². The summed E-state index contributed by atoms with van der Waals surface area (Å²) >= 11 is 0. The van der Waals surface area contributed by atoms with Gasteiger partial charge in [-0.25, -0.2) is 9.59 Å². The third-order valence-corrected chi connectivity index (χ3v) is 3.12. The van der Waals surface area contributed by atoms with Crippen LogP contribution in [0, 0.1) is 0 Å².